The van der Waals surface area contributed by atoms with Gasteiger partial charge in [0.05, 0.1) is 4.99 Å². The predicted octanol–water partition coefficient (Wildman–Crippen LogP) is 5.04. The van der Waals surface area contributed by atoms with Crippen molar-refractivity contribution in [3.63, 3.8) is 0 Å². The highest BCUT2D eigenvalue weighted by Crippen LogP contribution is 2.44. The van der Waals surface area contributed by atoms with Crippen molar-refractivity contribution in [2.45, 2.75) is 78.7 Å². The second-order valence-corrected chi connectivity index (χ2v) is 7.81. The molecule has 1 aliphatic heterocycles. The first-order chi connectivity index (χ1) is 8.97. The zero-order chi connectivity index (χ0) is 14.0. The zero-order valence-electron chi connectivity index (χ0n) is 13.2. The van der Waals surface area contributed by atoms with Gasteiger partial charge in [-0.2, -0.15) is 0 Å². The van der Waals surface area contributed by atoms with Crippen LogP contribution in [0.5, 0.6) is 0 Å². The maximum atomic E-state index is 5.84. The molecule has 1 heterocycles. The van der Waals surface area contributed by atoms with Crippen LogP contribution < -0.4 is 0 Å². The third-order valence-electron chi connectivity index (χ3n) is 5.69. The van der Waals surface area contributed by atoms with Gasteiger partial charge in [-0.05, 0) is 50.9 Å². The summed E-state index contributed by atoms with van der Waals surface area (Å²) in [5.74, 6) is 1.55. The lowest BCUT2D eigenvalue weighted by Gasteiger charge is -2.46. The lowest BCUT2D eigenvalue weighted by Crippen LogP contribution is -2.48. The molecule has 1 saturated heterocycles. The fourth-order valence-corrected chi connectivity index (χ4v) is 4.73. The molecule has 0 amide bonds. The minimum absolute atomic E-state index is 0.568. The maximum Gasteiger partial charge on any atom is 0.0815 e. The van der Waals surface area contributed by atoms with E-state index in [4.69, 9.17) is 12.2 Å². The molecule has 1 aliphatic carbocycles. The van der Waals surface area contributed by atoms with Crippen LogP contribution in [-0.2, 0) is 0 Å². The molecule has 110 valence electrons. The third-order valence-corrected chi connectivity index (χ3v) is 6.22. The molecule has 2 rings (SSSR count). The van der Waals surface area contributed by atoms with Crippen molar-refractivity contribution in [1.29, 1.82) is 0 Å². The minimum Gasteiger partial charge on any atom is -0.363 e. The summed E-state index contributed by atoms with van der Waals surface area (Å²) in [6.07, 6.45) is 9.64. The predicted molar refractivity (Wildman–Crippen MR) is 87.5 cm³/mol. The molecule has 0 N–H and O–H groups in total. The average Bonchev–Trinajstić information content (AvgIpc) is 2.34. The molecule has 2 aliphatic rings. The Morgan fingerprint density at radius 3 is 2.68 bits per heavy atom. The van der Waals surface area contributed by atoms with Crippen molar-refractivity contribution in [3.8, 4) is 0 Å². The summed E-state index contributed by atoms with van der Waals surface area (Å²) in [5.41, 5.74) is 0.568. The Bertz CT molecular complexity index is 325. The number of likely N-dealkylation sites (tertiary alicyclic amines) is 1. The van der Waals surface area contributed by atoms with Gasteiger partial charge in [0.1, 0.15) is 0 Å². The van der Waals surface area contributed by atoms with Crippen LogP contribution in [0.2, 0.25) is 0 Å². The van der Waals surface area contributed by atoms with E-state index >= 15 is 0 Å². The minimum atomic E-state index is 0.568. The third kappa shape index (κ3) is 3.32. The van der Waals surface area contributed by atoms with Crippen LogP contribution in [0, 0.1) is 17.3 Å². The van der Waals surface area contributed by atoms with Gasteiger partial charge in [0.2, 0.25) is 0 Å². The number of fused-ring (bicyclic) bond motifs is 1. The molecule has 3 atom stereocenters. The molecule has 0 aromatic heterocycles. The molecule has 2 heteroatoms. The highest BCUT2D eigenvalue weighted by molar-refractivity contribution is 7.80. The van der Waals surface area contributed by atoms with Gasteiger partial charge >= 0.3 is 0 Å². The van der Waals surface area contributed by atoms with Gasteiger partial charge in [-0.3, -0.25) is 0 Å². The molecule has 19 heavy (non-hydrogen) atoms. The van der Waals surface area contributed by atoms with Crippen LogP contribution in [0.4, 0.5) is 0 Å². The van der Waals surface area contributed by atoms with Crippen molar-refractivity contribution >= 4 is 17.2 Å². The molecule has 2 fully saturated rings. The summed E-state index contributed by atoms with van der Waals surface area (Å²) in [5, 5.41) is 0. The van der Waals surface area contributed by atoms with Crippen LogP contribution >= 0.6 is 12.2 Å². The molecule has 1 nitrogen and oxygen atoms in total. The molecule has 0 aromatic rings. The van der Waals surface area contributed by atoms with Gasteiger partial charge in [0.25, 0.3) is 0 Å². The van der Waals surface area contributed by atoms with Gasteiger partial charge in [-0.1, -0.05) is 45.3 Å². The van der Waals surface area contributed by atoms with Crippen LogP contribution in [0.1, 0.15) is 72.6 Å². The second kappa shape index (κ2) is 6.11. The quantitative estimate of drug-likeness (QED) is 0.652. The van der Waals surface area contributed by atoms with Crippen molar-refractivity contribution < 1.29 is 0 Å². The molecular weight excluding hydrogens is 250 g/mol. The lowest BCUT2D eigenvalue weighted by atomic mass is 9.67. The number of hydrogen-bond acceptors (Lipinski definition) is 1. The first-order valence-corrected chi connectivity index (χ1v) is 8.68. The molecule has 3 unspecified atom stereocenters. The Hall–Kier alpha value is -0.110. The summed E-state index contributed by atoms with van der Waals surface area (Å²) in [6.45, 7) is 10.6. The molecule has 0 spiro atoms. The Morgan fingerprint density at radius 2 is 2.05 bits per heavy atom. The largest absolute Gasteiger partial charge is 0.363 e. The van der Waals surface area contributed by atoms with Crippen molar-refractivity contribution in [3.05, 3.63) is 0 Å². The fraction of sp³-hybridized carbons (Fsp3) is 0.941. The van der Waals surface area contributed by atoms with E-state index in [1.807, 2.05) is 0 Å². The topological polar surface area (TPSA) is 3.24 Å². The van der Waals surface area contributed by atoms with Gasteiger partial charge in [0, 0.05) is 18.5 Å². The van der Waals surface area contributed by atoms with Crippen LogP contribution in [0.25, 0.3) is 0 Å². The van der Waals surface area contributed by atoms with Crippen molar-refractivity contribution in [1.82, 2.24) is 4.90 Å². The number of piperidine rings is 1. The van der Waals surface area contributed by atoms with Crippen LogP contribution in [0.15, 0.2) is 0 Å². The van der Waals surface area contributed by atoms with Crippen molar-refractivity contribution in [2.75, 3.05) is 6.54 Å². The van der Waals surface area contributed by atoms with E-state index in [2.05, 4.69) is 32.6 Å². The molecular formula is C17H31NS. The van der Waals surface area contributed by atoms with E-state index in [1.165, 1.54) is 56.5 Å². The molecule has 0 aromatic carbocycles. The standard InChI is InChI=1S/C17H31NS/c1-5-17(4)10-7-6-8-15-14(12-17)9-11-18(13(2)3)16(15)19/h13-15H,5-12H2,1-4H3. The van der Waals surface area contributed by atoms with E-state index in [0.29, 0.717) is 17.4 Å². The zero-order valence-corrected chi connectivity index (χ0v) is 14.1. The van der Waals surface area contributed by atoms with E-state index in [1.54, 1.807) is 0 Å². The Morgan fingerprint density at radius 1 is 1.32 bits per heavy atom. The summed E-state index contributed by atoms with van der Waals surface area (Å²) < 4.78 is 0. The molecule has 0 bridgehead atoms. The molecule has 1 saturated carbocycles. The summed E-state index contributed by atoms with van der Waals surface area (Å²) >= 11 is 5.84. The Kier molecular flexibility index (Phi) is 4.92. The van der Waals surface area contributed by atoms with Gasteiger partial charge in [0.15, 0.2) is 0 Å². The summed E-state index contributed by atoms with van der Waals surface area (Å²) in [4.78, 5) is 3.77. The highest BCUT2D eigenvalue weighted by Gasteiger charge is 2.38. The monoisotopic (exact) mass is 281 g/mol. The first kappa shape index (κ1) is 15.3. The number of hydrogen-bond donors (Lipinski definition) is 0. The fourth-order valence-electron chi connectivity index (χ4n) is 4.12. The Balaban J connectivity index is 2.13. The van der Waals surface area contributed by atoms with Gasteiger partial charge in [-0.25, -0.2) is 0 Å². The highest BCUT2D eigenvalue weighted by atomic mass is 32.1. The van der Waals surface area contributed by atoms with Crippen LogP contribution in [0.3, 0.4) is 0 Å². The average molecular weight is 282 g/mol. The van der Waals surface area contributed by atoms with Crippen molar-refractivity contribution in [2.24, 2.45) is 17.3 Å². The smallest absolute Gasteiger partial charge is 0.0815 e. The van der Waals surface area contributed by atoms with Gasteiger partial charge < -0.3 is 4.90 Å². The lowest BCUT2D eigenvalue weighted by molar-refractivity contribution is 0.125. The summed E-state index contributed by atoms with van der Waals surface area (Å²) in [7, 11) is 0. The SMILES string of the molecule is CCC1(C)CCCCC2C(=S)N(C(C)C)CCC2C1. The van der Waals surface area contributed by atoms with E-state index in [-0.39, 0.29) is 0 Å². The van der Waals surface area contributed by atoms with Gasteiger partial charge in [-0.15, -0.1) is 0 Å². The second-order valence-electron chi connectivity index (χ2n) is 7.39. The Labute approximate surface area is 125 Å². The maximum absolute atomic E-state index is 5.84. The number of rotatable bonds is 2. The van der Waals surface area contributed by atoms with E-state index in [0.717, 1.165) is 5.92 Å². The summed E-state index contributed by atoms with van der Waals surface area (Å²) in [6, 6.07) is 0.580. The van der Waals surface area contributed by atoms with E-state index in [9.17, 15) is 0 Å². The number of thiocarbonyl (C=S) groups is 1. The number of nitrogens with zero attached hydrogens (tertiary/aromatic N) is 1. The first-order valence-electron chi connectivity index (χ1n) is 8.27. The normalized spacial score (nSPS) is 36.9. The van der Waals surface area contributed by atoms with Crippen LogP contribution in [-0.4, -0.2) is 22.5 Å². The van der Waals surface area contributed by atoms with E-state index < -0.39 is 0 Å². The molecule has 0 radical (unpaired) electrons.